The number of hydrogen-bond donors (Lipinski definition) is 0. The van der Waals surface area contributed by atoms with E-state index in [9.17, 15) is 9.18 Å². The number of halogens is 1. The first kappa shape index (κ1) is 10.9. The third-order valence-electron chi connectivity index (χ3n) is 3.15. The highest BCUT2D eigenvalue weighted by Gasteiger charge is 2.23. The largest absolute Gasteiger partial charge is 0.289 e. The molecule has 0 radical (unpaired) electrons. The van der Waals surface area contributed by atoms with Crippen molar-refractivity contribution in [1.29, 1.82) is 0 Å². The first-order chi connectivity index (χ1) is 8.74. The van der Waals surface area contributed by atoms with Gasteiger partial charge in [0.15, 0.2) is 5.78 Å². The number of ketones is 1. The van der Waals surface area contributed by atoms with Gasteiger partial charge in [0, 0.05) is 17.6 Å². The molecule has 18 heavy (non-hydrogen) atoms. The van der Waals surface area contributed by atoms with Gasteiger partial charge in [-0.2, -0.15) is 0 Å². The number of allylic oxidation sites excluding steroid dienone is 1. The summed E-state index contributed by atoms with van der Waals surface area (Å²) in [7, 11) is 0. The summed E-state index contributed by atoms with van der Waals surface area (Å²) in [5.41, 5.74) is 3.47. The third-order valence-corrected chi connectivity index (χ3v) is 3.15. The molecule has 0 aliphatic heterocycles. The highest BCUT2D eigenvalue weighted by atomic mass is 19.1. The smallest absolute Gasteiger partial charge is 0.189 e. The van der Waals surface area contributed by atoms with Crippen LogP contribution in [0, 0.1) is 5.82 Å². The summed E-state index contributed by atoms with van der Waals surface area (Å²) in [5, 5.41) is 0. The quantitative estimate of drug-likeness (QED) is 0.693. The SMILES string of the molecule is O=C1/C(=C\c2ccc(F)cc2)Cc2ccccc21. The maximum absolute atomic E-state index is 12.8. The number of benzene rings is 2. The fourth-order valence-corrected chi connectivity index (χ4v) is 2.23. The standard InChI is InChI=1S/C16H11FO/c17-14-7-5-11(6-8-14)9-13-10-12-3-1-2-4-15(12)16(13)18/h1-9H,10H2/b13-9-. The van der Waals surface area contributed by atoms with E-state index in [1.165, 1.54) is 12.1 Å². The van der Waals surface area contributed by atoms with Crippen LogP contribution in [0.5, 0.6) is 0 Å². The first-order valence-electron chi connectivity index (χ1n) is 5.83. The highest BCUT2D eigenvalue weighted by molar-refractivity contribution is 6.15. The molecule has 0 aromatic heterocycles. The lowest BCUT2D eigenvalue weighted by Crippen LogP contribution is -1.94. The molecular weight excluding hydrogens is 227 g/mol. The van der Waals surface area contributed by atoms with E-state index >= 15 is 0 Å². The first-order valence-corrected chi connectivity index (χ1v) is 5.83. The Balaban J connectivity index is 1.97. The second kappa shape index (κ2) is 4.22. The lowest BCUT2D eigenvalue weighted by Gasteiger charge is -1.96. The van der Waals surface area contributed by atoms with Crippen molar-refractivity contribution in [2.24, 2.45) is 0 Å². The molecular formula is C16H11FO. The van der Waals surface area contributed by atoms with Crippen molar-refractivity contribution < 1.29 is 9.18 Å². The predicted octanol–water partition coefficient (Wildman–Crippen LogP) is 3.65. The fourth-order valence-electron chi connectivity index (χ4n) is 2.23. The molecule has 1 aliphatic carbocycles. The van der Waals surface area contributed by atoms with Gasteiger partial charge in [-0.1, -0.05) is 36.4 Å². The van der Waals surface area contributed by atoms with Crippen molar-refractivity contribution in [3.05, 3.63) is 76.6 Å². The normalized spacial score (nSPS) is 16.1. The van der Waals surface area contributed by atoms with Gasteiger partial charge in [-0.05, 0) is 29.3 Å². The van der Waals surface area contributed by atoms with Crippen molar-refractivity contribution in [2.75, 3.05) is 0 Å². The Kier molecular flexibility index (Phi) is 2.56. The van der Waals surface area contributed by atoms with Gasteiger partial charge in [0.2, 0.25) is 0 Å². The van der Waals surface area contributed by atoms with Crippen LogP contribution in [-0.2, 0) is 6.42 Å². The monoisotopic (exact) mass is 238 g/mol. The number of carbonyl (C=O) groups is 1. The van der Waals surface area contributed by atoms with Gasteiger partial charge >= 0.3 is 0 Å². The van der Waals surface area contributed by atoms with E-state index in [0.29, 0.717) is 6.42 Å². The van der Waals surface area contributed by atoms with Crippen molar-refractivity contribution in [3.63, 3.8) is 0 Å². The van der Waals surface area contributed by atoms with Crippen LogP contribution in [0.4, 0.5) is 4.39 Å². The summed E-state index contributed by atoms with van der Waals surface area (Å²) in [5.74, 6) is -0.187. The molecule has 88 valence electrons. The molecule has 0 bridgehead atoms. The molecule has 2 aromatic carbocycles. The fraction of sp³-hybridized carbons (Fsp3) is 0.0625. The minimum atomic E-state index is -0.266. The second-order valence-corrected chi connectivity index (χ2v) is 4.38. The van der Waals surface area contributed by atoms with Crippen molar-refractivity contribution in [3.8, 4) is 0 Å². The molecule has 0 fully saturated rings. The minimum absolute atomic E-state index is 0.0786. The second-order valence-electron chi connectivity index (χ2n) is 4.38. The Morgan fingerprint density at radius 2 is 1.72 bits per heavy atom. The zero-order valence-corrected chi connectivity index (χ0v) is 9.69. The third kappa shape index (κ3) is 1.86. The summed E-state index contributed by atoms with van der Waals surface area (Å²) < 4.78 is 12.8. The maximum atomic E-state index is 12.8. The topological polar surface area (TPSA) is 17.1 Å². The molecule has 0 spiro atoms. The lowest BCUT2D eigenvalue weighted by molar-refractivity contribution is 0.104. The van der Waals surface area contributed by atoms with E-state index in [0.717, 1.165) is 22.3 Å². The van der Waals surface area contributed by atoms with E-state index in [1.54, 1.807) is 12.1 Å². The molecule has 2 aromatic rings. The number of carbonyl (C=O) groups excluding carboxylic acids is 1. The van der Waals surface area contributed by atoms with E-state index < -0.39 is 0 Å². The summed E-state index contributed by atoms with van der Waals surface area (Å²) in [6.07, 6.45) is 2.49. The van der Waals surface area contributed by atoms with Gasteiger partial charge in [-0.25, -0.2) is 4.39 Å². The van der Waals surface area contributed by atoms with E-state index in [1.807, 2.05) is 30.3 Å². The van der Waals surface area contributed by atoms with Crippen molar-refractivity contribution >= 4 is 11.9 Å². The van der Waals surface area contributed by atoms with Crippen LogP contribution >= 0.6 is 0 Å². The van der Waals surface area contributed by atoms with Crippen LogP contribution < -0.4 is 0 Å². The van der Waals surface area contributed by atoms with Gasteiger partial charge in [0.05, 0.1) is 0 Å². The lowest BCUT2D eigenvalue weighted by atomic mass is 10.1. The number of Topliss-reactive ketones (excluding diaryl/α,β-unsaturated/α-hetero) is 1. The molecule has 0 atom stereocenters. The molecule has 1 aliphatic rings. The molecule has 2 heteroatoms. The van der Waals surface area contributed by atoms with Gasteiger partial charge in [0.1, 0.15) is 5.82 Å². The molecule has 0 unspecified atom stereocenters. The van der Waals surface area contributed by atoms with E-state index in [-0.39, 0.29) is 11.6 Å². The Bertz CT molecular complexity index is 638. The molecule has 0 saturated heterocycles. The zero-order valence-electron chi connectivity index (χ0n) is 9.69. The van der Waals surface area contributed by atoms with Crippen LogP contribution in [0.1, 0.15) is 21.5 Å². The summed E-state index contributed by atoms with van der Waals surface area (Å²) in [6.45, 7) is 0. The molecule has 3 rings (SSSR count). The Labute approximate surface area is 105 Å². The molecule has 0 heterocycles. The van der Waals surface area contributed by atoms with Crippen molar-refractivity contribution in [1.82, 2.24) is 0 Å². The zero-order chi connectivity index (χ0) is 12.5. The van der Waals surface area contributed by atoms with Crippen LogP contribution in [0.15, 0.2) is 54.1 Å². The van der Waals surface area contributed by atoms with Crippen LogP contribution in [-0.4, -0.2) is 5.78 Å². The van der Waals surface area contributed by atoms with Crippen LogP contribution in [0.3, 0.4) is 0 Å². The summed E-state index contributed by atoms with van der Waals surface area (Å²) in [6, 6.07) is 13.8. The average molecular weight is 238 g/mol. The summed E-state index contributed by atoms with van der Waals surface area (Å²) in [4.78, 5) is 12.1. The molecule has 0 N–H and O–H groups in total. The molecule has 0 saturated carbocycles. The van der Waals surface area contributed by atoms with Crippen LogP contribution in [0.2, 0.25) is 0 Å². The van der Waals surface area contributed by atoms with Gasteiger partial charge < -0.3 is 0 Å². The Morgan fingerprint density at radius 3 is 2.44 bits per heavy atom. The number of rotatable bonds is 1. The highest BCUT2D eigenvalue weighted by Crippen LogP contribution is 2.27. The van der Waals surface area contributed by atoms with Gasteiger partial charge in [0.25, 0.3) is 0 Å². The maximum Gasteiger partial charge on any atom is 0.189 e. The van der Waals surface area contributed by atoms with Crippen LogP contribution in [0.25, 0.3) is 6.08 Å². The van der Waals surface area contributed by atoms with Gasteiger partial charge in [-0.15, -0.1) is 0 Å². The molecule has 1 nitrogen and oxygen atoms in total. The van der Waals surface area contributed by atoms with Crippen molar-refractivity contribution in [2.45, 2.75) is 6.42 Å². The number of hydrogen-bond acceptors (Lipinski definition) is 1. The minimum Gasteiger partial charge on any atom is -0.289 e. The number of fused-ring (bicyclic) bond motifs is 1. The van der Waals surface area contributed by atoms with E-state index in [2.05, 4.69) is 0 Å². The Morgan fingerprint density at radius 1 is 1.00 bits per heavy atom. The van der Waals surface area contributed by atoms with E-state index in [4.69, 9.17) is 0 Å². The summed E-state index contributed by atoms with van der Waals surface area (Å²) >= 11 is 0. The predicted molar refractivity (Wildman–Crippen MR) is 68.9 cm³/mol. The average Bonchev–Trinajstić information content (AvgIpc) is 2.70. The Hall–Kier alpha value is -2.22. The van der Waals surface area contributed by atoms with Gasteiger partial charge in [-0.3, -0.25) is 4.79 Å². The molecule has 0 amide bonds.